The van der Waals surface area contributed by atoms with Gasteiger partial charge in [-0.05, 0) is 52.2 Å². The monoisotopic (exact) mass is 393 g/mol. The first-order valence-corrected chi connectivity index (χ1v) is 10.7. The van der Waals surface area contributed by atoms with Crippen LogP contribution in [0, 0.1) is 20.8 Å². The second kappa shape index (κ2) is 8.39. The first-order valence-electron chi connectivity index (χ1n) is 10.7. The first-order chi connectivity index (χ1) is 14.0. The van der Waals surface area contributed by atoms with E-state index in [1.54, 1.807) is 0 Å². The molecule has 29 heavy (non-hydrogen) atoms. The average molecular weight is 394 g/mol. The molecule has 2 fully saturated rings. The van der Waals surface area contributed by atoms with Gasteiger partial charge in [-0.2, -0.15) is 4.98 Å². The van der Waals surface area contributed by atoms with Gasteiger partial charge in [-0.3, -0.25) is 4.79 Å². The zero-order valence-corrected chi connectivity index (χ0v) is 17.8. The molecule has 2 saturated heterocycles. The molecule has 0 bridgehead atoms. The van der Waals surface area contributed by atoms with Gasteiger partial charge >= 0.3 is 0 Å². The second-order valence-electron chi connectivity index (χ2n) is 8.37. The van der Waals surface area contributed by atoms with Crippen LogP contribution < -0.4 is 9.80 Å². The lowest BCUT2D eigenvalue weighted by Gasteiger charge is -2.35. The number of amides is 1. The third-order valence-corrected chi connectivity index (χ3v) is 5.83. The minimum atomic E-state index is 0.121. The SMILES string of the molecule is Cc1cc(C)cc(C(=O)N2CCN(c3nc(C)cc(N4CCCCC4)n3)CC2)c1. The zero-order valence-electron chi connectivity index (χ0n) is 17.8. The molecule has 0 aliphatic carbocycles. The average Bonchev–Trinajstić information content (AvgIpc) is 2.73. The van der Waals surface area contributed by atoms with Crippen LogP contribution in [0.4, 0.5) is 11.8 Å². The molecule has 0 radical (unpaired) electrons. The normalized spacial score (nSPS) is 17.6. The molecule has 1 aromatic carbocycles. The van der Waals surface area contributed by atoms with E-state index < -0.39 is 0 Å². The standard InChI is InChI=1S/C23H31N5O/c1-17-13-18(2)15-20(14-17)22(29)27-9-11-28(12-10-27)23-24-19(3)16-21(25-23)26-7-5-4-6-8-26/h13-16H,4-12H2,1-3H3. The molecule has 2 aliphatic rings. The summed E-state index contributed by atoms with van der Waals surface area (Å²) in [6.45, 7) is 11.2. The number of piperazine rings is 1. The van der Waals surface area contributed by atoms with Crippen molar-refractivity contribution in [2.75, 3.05) is 49.1 Å². The molecule has 6 heteroatoms. The minimum absolute atomic E-state index is 0.121. The predicted octanol–water partition coefficient (Wildman–Crippen LogP) is 3.35. The minimum Gasteiger partial charge on any atom is -0.356 e. The topological polar surface area (TPSA) is 52.6 Å². The number of rotatable bonds is 3. The quantitative estimate of drug-likeness (QED) is 0.800. The van der Waals surface area contributed by atoms with Crippen LogP contribution in [0.5, 0.6) is 0 Å². The summed E-state index contributed by atoms with van der Waals surface area (Å²) in [5.74, 6) is 1.96. The van der Waals surface area contributed by atoms with E-state index in [9.17, 15) is 4.79 Å². The Morgan fingerprint density at radius 1 is 0.759 bits per heavy atom. The van der Waals surface area contributed by atoms with Crippen LogP contribution in [0.2, 0.25) is 0 Å². The Kier molecular flexibility index (Phi) is 5.69. The van der Waals surface area contributed by atoms with Crippen molar-refractivity contribution in [3.05, 3.63) is 46.6 Å². The Balaban J connectivity index is 1.44. The van der Waals surface area contributed by atoms with Gasteiger partial charge in [0, 0.05) is 56.6 Å². The fourth-order valence-electron chi connectivity index (χ4n) is 4.35. The van der Waals surface area contributed by atoms with E-state index in [2.05, 4.69) is 26.9 Å². The van der Waals surface area contributed by atoms with Crippen molar-refractivity contribution in [1.29, 1.82) is 0 Å². The van der Waals surface area contributed by atoms with Gasteiger partial charge in [0.1, 0.15) is 5.82 Å². The molecule has 1 amide bonds. The van der Waals surface area contributed by atoms with Crippen LogP contribution in [0.3, 0.4) is 0 Å². The molecule has 1 aromatic heterocycles. The number of aromatic nitrogens is 2. The Hall–Kier alpha value is -2.63. The molecule has 4 rings (SSSR count). The number of carbonyl (C=O) groups excluding carboxylic acids is 1. The number of piperidine rings is 1. The van der Waals surface area contributed by atoms with Crippen molar-refractivity contribution in [2.24, 2.45) is 0 Å². The Morgan fingerprint density at radius 3 is 2.07 bits per heavy atom. The molecule has 2 aliphatic heterocycles. The number of hydrogen-bond donors (Lipinski definition) is 0. The van der Waals surface area contributed by atoms with Crippen LogP contribution in [-0.4, -0.2) is 60.0 Å². The number of nitrogens with zero attached hydrogens (tertiary/aromatic N) is 5. The van der Waals surface area contributed by atoms with Gasteiger partial charge in [-0.15, -0.1) is 0 Å². The Morgan fingerprint density at radius 2 is 1.41 bits per heavy atom. The molecule has 0 atom stereocenters. The van der Waals surface area contributed by atoms with Crippen LogP contribution in [-0.2, 0) is 0 Å². The van der Waals surface area contributed by atoms with E-state index in [0.717, 1.165) is 60.3 Å². The molecule has 0 spiro atoms. The summed E-state index contributed by atoms with van der Waals surface area (Å²) in [7, 11) is 0. The summed E-state index contributed by atoms with van der Waals surface area (Å²) in [5, 5.41) is 0. The van der Waals surface area contributed by atoms with E-state index in [1.165, 1.54) is 19.3 Å². The molecular formula is C23H31N5O. The van der Waals surface area contributed by atoms with Crippen molar-refractivity contribution in [3.63, 3.8) is 0 Å². The summed E-state index contributed by atoms with van der Waals surface area (Å²) >= 11 is 0. The lowest BCUT2D eigenvalue weighted by Crippen LogP contribution is -2.49. The summed E-state index contributed by atoms with van der Waals surface area (Å²) in [6.07, 6.45) is 3.78. The highest BCUT2D eigenvalue weighted by Gasteiger charge is 2.25. The molecule has 154 valence electrons. The maximum Gasteiger partial charge on any atom is 0.253 e. The van der Waals surface area contributed by atoms with Gasteiger partial charge in [0.05, 0.1) is 0 Å². The van der Waals surface area contributed by atoms with Gasteiger partial charge in [-0.1, -0.05) is 17.2 Å². The predicted molar refractivity (Wildman–Crippen MR) is 117 cm³/mol. The second-order valence-corrected chi connectivity index (χ2v) is 8.37. The molecule has 6 nitrogen and oxygen atoms in total. The smallest absolute Gasteiger partial charge is 0.253 e. The highest BCUT2D eigenvalue weighted by atomic mass is 16.2. The summed E-state index contributed by atoms with van der Waals surface area (Å²) < 4.78 is 0. The Bertz CT molecular complexity index is 863. The van der Waals surface area contributed by atoms with E-state index in [-0.39, 0.29) is 5.91 Å². The van der Waals surface area contributed by atoms with Crippen molar-refractivity contribution in [2.45, 2.75) is 40.0 Å². The van der Waals surface area contributed by atoms with E-state index in [0.29, 0.717) is 13.1 Å². The number of hydrogen-bond acceptors (Lipinski definition) is 5. The molecular weight excluding hydrogens is 362 g/mol. The van der Waals surface area contributed by atoms with Crippen molar-refractivity contribution in [3.8, 4) is 0 Å². The van der Waals surface area contributed by atoms with Gasteiger partial charge in [-0.25, -0.2) is 4.98 Å². The van der Waals surface area contributed by atoms with Crippen LogP contribution >= 0.6 is 0 Å². The number of anilines is 2. The molecule has 0 saturated carbocycles. The van der Waals surface area contributed by atoms with Gasteiger partial charge in [0.15, 0.2) is 0 Å². The molecule has 0 N–H and O–H groups in total. The van der Waals surface area contributed by atoms with Crippen molar-refractivity contribution >= 4 is 17.7 Å². The maximum absolute atomic E-state index is 12.9. The third-order valence-electron chi connectivity index (χ3n) is 5.83. The van der Waals surface area contributed by atoms with E-state index in [4.69, 9.17) is 4.98 Å². The largest absolute Gasteiger partial charge is 0.356 e. The summed E-state index contributed by atoms with van der Waals surface area (Å²) in [4.78, 5) is 29.0. The molecule has 3 heterocycles. The first kappa shape index (κ1) is 19.7. The molecule has 0 unspecified atom stereocenters. The highest BCUT2D eigenvalue weighted by Crippen LogP contribution is 2.22. The lowest BCUT2D eigenvalue weighted by molar-refractivity contribution is 0.0746. The zero-order chi connectivity index (χ0) is 20.4. The Labute approximate surface area is 173 Å². The fraction of sp³-hybridized carbons (Fsp3) is 0.522. The van der Waals surface area contributed by atoms with E-state index >= 15 is 0 Å². The van der Waals surface area contributed by atoms with Crippen LogP contribution in [0.15, 0.2) is 24.3 Å². The van der Waals surface area contributed by atoms with Gasteiger partial charge < -0.3 is 14.7 Å². The molecule has 2 aromatic rings. The van der Waals surface area contributed by atoms with Crippen molar-refractivity contribution < 1.29 is 4.79 Å². The number of benzene rings is 1. The number of aryl methyl sites for hydroxylation is 3. The lowest BCUT2D eigenvalue weighted by atomic mass is 10.1. The van der Waals surface area contributed by atoms with Crippen LogP contribution in [0.1, 0.15) is 46.4 Å². The summed E-state index contributed by atoms with van der Waals surface area (Å²) in [5.41, 5.74) is 4.05. The number of carbonyl (C=O) groups is 1. The van der Waals surface area contributed by atoms with Crippen LogP contribution in [0.25, 0.3) is 0 Å². The maximum atomic E-state index is 12.9. The third kappa shape index (κ3) is 4.52. The summed E-state index contributed by atoms with van der Waals surface area (Å²) in [6, 6.07) is 8.16. The van der Waals surface area contributed by atoms with E-state index in [1.807, 2.05) is 37.8 Å². The highest BCUT2D eigenvalue weighted by molar-refractivity contribution is 5.94. The van der Waals surface area contributed by atoms with Crippen molar-refractivity contribution in [1.82, 2.24) is 14.9 Å². The van der Waals surface area contributed by atoms with Gasteiger partial charge in [0.2, 0.25) is 5.95 Å². The van der Waals surface area contributed by atoms with Gasteiger partial charge in [0.25, 0.3) is 5.91 Å². The fourth-order valence-corrected chi connectivity index (χ4v) is 4.35.